The highest BCUT2D eigenvalue weighted by Gasteiger charge is 2.39. The van der Waals surface area contributed by atoms with Crippen molar-refractivity contribution in [2.75, 3.05) is 6.54 Å². The number of aromatic nitrogens is 1. The number of imide groups is 1. The SMILES string of the molecule is O=C(C[C@@H]1NC(=O)N(Cc2ccco2)C1=O)NCCn1ccc2ccc(Cl)cc21. The van der Waals surface area contributed by atoms with Crippen LogP contribution in [0.4, 0.5) is 4.79 Å². The lowest BCUT2D eigenvalue weighted by Crippen LogP contribution is -2.37. The summed E-state index contributed by atoms with van der Waals surface area (Å²) in [7, 11) is 0. The first-order valence-electron chi connectivity index (χ1n) is 9.16. The summed E-state index contributed by atoms with van der Waals surface area (Å²) in [6.45, 7) is 0.990. The largest absolute Gasteiger partial charge is 0.467 e. The zero-order valence-corrected chi connectivity index (χ0v) is 16.2. The normalized spacial score (nSPS) is 16.4. The number of halogens is 1. The number of furan rings is 1. The van der Waals surface area contributed by atoms with E-state index in [9.17, 15) is 14.4 Å². The predicted octanol–water partition coefficient (Wildman–Crippen LogP) is 2.51. The van der Waals surface area contributed by atoms with Crippen LogP contribution in [0.15, 0.2) is 53.3 Å². The van der Waals surface area contributed by atoms with E-state index in [1.807, 2.05) is 35.0 Å². The van der Waals surface area contributed by atoms with Crippen molar-refractivity contribution >= 4 is 40.3 Å². The third-order valence-electron chi connectivity index (χ3n) is 4.80. The minimum atomic E-state index is -0.872. The van der Waals surface area contributed by atoms with E-state index in [-0.39, 0.29) is 18.9 Å². The summed E-state index contributed by atoms with van der Waals surface area (Å²) >= 11 is 6.05. The summed E-state index contributed by atoms with van der Waals surface area (Å²) in [5.41, 5.74) is 0.985. The van der Waals surface area contributed by atoms with Crippen molar-refractivity contribution in [3.8, 4) is 0 Å². The molecule has 1 aromatic carbocycles. The van der Waals surface area contributed by atoms with Crippen LogP contribution in [0.25, 0.3) is 10.9 Å². The van der Waals surface area contributed by atoms with Crippen LogP contribution in [0.1, 0.15) is 12.2 Å². The summed E-state index contributed by atoms with van der Waals surface area (Å²) in [4.78, 5) is 37.7. The molecular formula is C20H19ClN4O4. The van der Waals surface area contributed by atoms with Gasteiger partial charge in [0.2, 0.25) is 5.91 Å². The van der Waals surface area contributed by atoms with E-state index in [0.29, 0.717) is 23.9 Å². The molecule has 0 radical (unpaired) electrons. The molecule has 0 aliphatic carbocycles. The fraction of sp³-hybridized carbons (Fsp3) is 0.250. The third kappa shape index (κ3) is 4.12. The molecule has 0 bridgehead atoms. The van der Waals surface area contributed by atoms with Crippen molar-refractivity contribution in [1.29, 1.82) is 0 Å². The maximum Gasteiger partial charge on any atom is 0.325 e. The number of nitrogens with one attached hydrogen (secondary N) is 2. The van der Waals surface area contributed by atoms with Gasteiger partial charge >= 0.3 is 6.03 Å². The van der Waals surface area contributed by atoms with Crippen LogP contribution < -0.4 is 10.6 Å². The Morgan fingerprint density at radius 2 is 2.10 bits per heavy atom. The molecule has 3 aromatic rings. The minimum absolute atomic E-state index is 0.0407. The molecule has 9 heteroatoms. The number of amides is 4. The van der Waals surface area contributed by atoms with Gasteiger partial charge < -0.3 is 19.6 Å². The van der Waals surface area contributed by atoms with Crippen molar-refractivity contribution < 1.29 is 18.8 Å². The van der Waals surface area contributed by atoms with Gasteiger partial charge in [-0.25, -0.2) is 4.79 Å². The molecule has 0 spiro atoms. The number of carbonyl (C=O) groups is 3. The maximum atomic E-state index is 12.4. The van der Waals surface area contributed by atoms with Gasteiger partial charge in [0.05, 0.1) is 19.2 Å². The molecule has 150 valence electrons. The van der Waals surface area contributed by atoms with Gasteiger partial charge in [0.1, 0.15) is 11.8 Å². The van der Waals surface area contributed by atoms with Crippen LogP contribution in [-0.2, 0) is 22.7 Å². The lowest BCUT2D eigenvalue weighted by Gasteiger charge is -2.12. The van der Waals surface area contributed by atoms with Gasteiger partial charge in [-0.1, -0.05) is 17.7 Å². The second-order valence-electron chi connectivity index (χ2n) is 6.77. The number of urea groups is 1. The first-order valence-corrected chi connectivity index (χ1v) is 9.54. The van der Waals surface area contributed by atoms with Crippen molar-refractivity contribution in [3.05, 3.63) is 59.6 Å². The lowest BCUT2D eigenvalue weighted by molar-refractivity contribution is -0.131. The van der Waals surface area contributed by atoms with Crippen LogP contribution in [0.3, 0.4) is 0 Å². The van der Waals surface area contributed by atoms with Crippen molar-refractivity contribution in [2.45, 2.75) is 25.6 Å². The highest BCUT2D eigenvalue weighted by Crippen LogP contribution is 2.20. The highest BCUT2D eigenvalue weighted by atomic mass is 35.5. The third-order valence-corrected chi connectivity index (χ3v) is 5.04. The monoisotopic (exact) mass is 414 g/mol. The number of hydrogen-bond acceptors (Lipinski definition) is 4. The highest BCUT2D eigenvalue weighted by molar-refractivity contribution is 6.31. The molecule has 0 saturated carbocycles. The van der Waals surface area contributed by atoms with Gasteiger partial charge in [-0.15, -0.1) is 0 Å². The van der Waals surface area contributed by atoms with E-state index in [1.54, 1.807) is 12.1 Å². The van der Waals surface area contributed by atoms with Crippen LogP contribution >= 0.6 is 11.6 Å². The standard InChI is InChI=1S/C20H19ClN4O4/c21-14-4-3-13-5-7-24(17(13)10-14)8-6-22-18(26)11-16-19(27)25(20(28)23-16)12-15-2-1-9-29-15/h1-5,7,9-10,16H,6,8,11-12H2,(H,22,26)(H,23,28)/t16-/m0/s1. The Bertz CT molecular complexity index is 1060. The van der Waals surface area contributed by atoms with Crippen LogP contribution in [-0.4, -0.2) is 39.9 Å². The van der Waals surface area contributed by atoms with E-state index >= 15 is 0 Å². The van der Waals surface area contributed by atoms with E-state index in [1.165, 1.54) is 6.26 Å². The van der Waals surface area contributed by atoms with Crippen LogP contribution in [0, 0.1) is 0 Å². The summed E-state index contributed by atoms with van der Waals surface area (Å²) < 4.78 is 7.17. The molecular weight excluding hydrogens is 396 g/mol. The van der Waals surface area contributed by atoms with Gasteiger partial charge in [0.15, 0.2) is 0 Å². The Balaban J connectivity index is 1.29. The average molecular weight is 415 g/mol. The summed E-state index contributed by atoms with van der Waals surface area (Å²) in [6, 6.07) is 9.59. The first-order chi connectivity index (χ1) is 14.0. The molecule has 2 aromatic heterocycles. The molecule has 1 aliphatic heterocycles. The second kappa shape index (κ2) is 8.00. The summed E-state index contributed by atoms with van der Waals surface area (Å²) in [5, 5.41) is 7.05. The Labute approximate surface area is 171 Å². The summed E-state index contributed by atoms with van der Waals surface area (Å²) in [5.74, 6) is -0.247. The molecule has 1 aliphatic rings. The number of fused-ring (bicyclic) bond motifs is 1. The van der Waals surface area contributed by atoms with Gasteiger partial charge in [0, 0.05) is 29.8 Å². The van der Waals surface area contributed by atoms with E-state index < -0.39 is 18.0 Å². The Hall–Kier alpha value is -3.26. The Morgan fingerprint density at radius 3 is 2.90 bits per heavy atom. The fourth-order valence-electron chi connectivity index (χ4n) is 3.35. The van der Waals surface area contributed by atoms with Crippen molar-refractivity contribution in [1.82, 2.24) is 20.1 Å². The second-order valence-corrected chi connectivity index (χ2v) is 7.21. The quantitative estimate of drug-likeness (QED) is 0.580. The lowest BCUT2D eigenvalue weighted by atomic mass is 10.2. The zero-order chi connectivity index (χ0) is 20.4. The molecule has 2 N–H and O–H groups in total. The van der Waals surface area contributed by atoms with E-state index in [4.69, 9.17) is 16.0 Å². The molecule has 4 amide bonds. The van der Waals surface area contributed by atoms with Crippen LogP contribution in [0.2, 0.25) is 5.02 Å². The first kappa shape index (κ1) is 19.1. The number of carbonyl (C=O) groups excluding carboxylic acids is 3. The van der Waals surface area contributed by atoms with E-state index in [0.717, 1.165) is 15.8 Å². The zero-order valence-electron chi connectivity index (χ0n) is 15.4. The minimum Gasteiger partial charge on any atom is -0.467 e. The predicted molar refractivity (Wildman–Crippen MR) is 106 cm³/mol. The van der Waals surface area contributed by atoms with Crippen molar-refractivity contribution in [3.63, 3.8) is 0 Å². The number of benzene rings is 1. The van der Waals surface area contributed by atoms with Crippen LogP contribution in [0.5, 0.6) is 0 Å². The van der Waals surface area contributed by atoms with E-state index in [2.05, 4.69) is 10.6 Å². The number of hydrogen-bond donors (Lipinski definition) is 2. The van der Waals surface area contributed by atoms with Gasteiger partial charge in [-0.2, -0.15) is 0 Å². The molecule has 4 rings (SSSR count). The average Bonchev–Trinajstić information content (AvgIpc) is 3.40. The maximum absolute atomic E-state index is 12.4. The molecule has 1 fully saturated rings. The molecule has 1 atom stereocenters. The molecule has 0 unspecified atom stereocenters. The van der Waals surface area contributed by atoms with Gasteiger partial charge in [0.25, 0.3) is 5.91 Å². The van der Waals surface area contributed by atoms with Crippen molar-refractivity contribution in [2.24, 2.45) is 0 Å². The Kier molecular flexibility index (Phi) is 5.26. The Morgan fingerprint density at radius 1 is 1.24 bits per heavy atom. The topological polar surface area (TPSA) is 96.6 Å². The molecule has 1 saturated heterocycles. The number of rotatable bonds is 7. The number of nitrogens with zero attached hydrogens (tertiary/aromatic N) is 2. The molecule has 29 heavy (non-hydrogen) atoms. The molecule has 3 heterocycles. The summed E-state index contributed by atoms with van der Waals surface area (Å²) in [6.07, 6.45) is 3.29. The van der Waals surface area contributed by atoms with Gasteiger partial charge in [-0.05, 0) is 35.7 Å². The smallest absolute Gasteiger partial charge is 0.325 e. The van der Waals surface area contributed by atoms with Gasteiger partial charge in [-0.3, -0.25) is 14.5 Å². The fourth-order valence-corrected chi connectivity index (χ4v) is 3.52. The molecule has 8 nitrogen and oxygen atoms in total.